The predicted octanol–water partition coefficient (Wildman–Crippen LogP) is 4.18. The van der Waals surface area contributed by atoms with Gasteiger partial charge in [-0.25, -0.2) is 0 Å². The minimum atomic E-state index is 0.363. The summed E-state index contributed by atoms with van der Waals surface area (Å²) in [5.41, 5.74) is 1.19. The van der Waals surface area contributed by atoms with Gasteiger partial charge in [0.15, 0.2) is 11.5 Å². The fraction of sp³-hybridized carbons (Fsp3) is 0.588. The first-order valence-corrected chi connectivity index (χ1v) is 7.52. The highest BCUT2D eigenvalue weighted by atomic mass is 16.5. The van der Waals surface area contributed by atoms with E-state index in [0.717, 1.165) is 37.2 Å². The average molecular weight is 278 g/mol. The van der Waals surface area contributed by atoms with Crippen LogP contribution < -0.4 is 9.47 Å². The van der Waals surface area contributed by atoms with Gasteiger partial charge in [-0.1, -0.05) is 19.9 Å². The molecule has 3 nitrogen and oxygen atoms in total. The number of ketones is 1. The minimum absolute atomic E-state index is 0.363. The van der Waals surface area contributed by atoms with Crippen LogP contribution in [0.25, 0.3) is 0 Å². The van der Waals surface area contributed by atoms with Gasteiger partial charge in [-0.2, -0.15) is 0 Å². The van der Waals surface area contributed by atoms with Crippen molar-refractivity contribution in [1.29, 1.82) is 0 Å². The molecule has 1 rings (SSSR count). The summed E-state index contributed by atoms with van der Waals surface area (Å²) >= 11 is 0. The molecule has 0 heterocycles. The normalized spacial score (nSPS) is 10.3. The van der Waals surface area contributed by atoms with Crippen molar-refractivity contribution < 1.29 is 14.3 Å². The number of hydrogen-bond acceptors (Lipinski definition) is 3. The molecule has 0 atom stereocenters. The molecule has 0 aliphatic carbocycles. The predicted molar refractivity (Wildman–Crippen MR) is 81.6 cm³/mol. The number of Topliss-reactive ketones (excluding diaryl/α,β-unsaturated/α-hetero) is 1. The van der Waals surface area contributed by atoms with Crippen molar-refractivity contribution in [1.82, 2.24) is 0 Å². The van der Waals surface area contributed by atoms with Crippen molar-refractivity contribution in [3.05, 3.63) is 23.8 Å². The highest BCUT2D eigenvalue weighted by Crippen LogP contribution is 2.28. The lowest BCUT2D eigenvalue weighted by atomic mass is 10.0. The number of carbonyl (C=O) groups is 1. The van der Waals surface area contributed by atoms with Gasteiger partial charge in [0.2, 0.25) is 0 Å². The topological polar surface area (TPSA) is 35.5 Å². The molecule has 0 amide bonds. The highest BCUT2D eigenvalue weighted by molar-refractivity contribution is 5.78. The van der Waals surface area contributed by atoms with E-state index in [-0.39, 0.29) is 0 Å². The first-order chi connectivity index (χ1) is 9.71. The van der Waals surface area contributed by atoms with E-state index in [1.807, 2.05) is 19.1 Å². The van der Waals surface area contributed by atoms with Crippen molar-refractivity contribution in [2.75, 3.05) is 13.7 Å². The molecule has 1 aromatic carbocycles. The second kappa shape index (κ2) is 9.40. The molecular weight excluding hydrogens is 252 g/mol. The molecule has 112 valence electrons. The van der Waals surface area contributed by atoms with Gasteiger partial charge in [-0.05, 0) is 43.4 Å². The molecule has 20 heavy (non-hydrogen) atoms. The van der Waals surface area contributed by atoms with Crippen LogP contribution in [0.4, 0.5) is 0 Å². The lowest BCUT2D eigenvalue weighted by Gasteiger charge is -2.11. The first kappa shape index (κ1) is 16.5. The fourth-order valence-corrected chi connectivity index (χ4v) is 2.09. The zero-order chi connectivity index (χ0) is 14.8. The monoisotopic (exact) mass is 278 g/mol. The third-order valence-electron chi connectivity index (χ3n) is 3.14. The molecule has 0 aliphatic heterocycles. The van der Waals surface area contributed by atoms with Gasteiger partial charge in [0.25, 0.3) is 0 Å². The molecule has 3 heteroatoms. The van der Waals surface area contributed by atoms with E-state index >= 15 is 0 Å². The van der Waals surface area contributed by atoms with Crippen LogP contribution in [0.1, 0.15) is 51.5 Å². The Morgan fingerprint density at radius 3 is 2.55 bits per heavy atom. The minimum Gasteiger partial charge on any atom is -0.493 e. The first-order valence-electron chi connectivity index (χ1n) is 7.52. The van der Waals surface area contributed by atoms with E-state index in [0.29, 0.717) is 25.2 Å². The van der Waals surface area contributed by atoms with Crippen LogP contribution >= 0.6 is 0 Å². The summed E-state index contributed by atoms with van der Waals surface area (Å²) in [6, 6.07) is 6.02. The molecule has 0 spiro atoms. The standard InChI is InChI=1S/C17H26O3/c1-4-7-15(18)9-6-8-14-10-11-16(20-12-5-2)17(13-14)19-3/h10-11,13H,4-9,12H2,1-3H3. The summed E-state index contributed by atoms with van der Waals surface area (Å²) in [7, 11) is 1.66. The zero-order valence-electron chi connectivity index (χ0n) is 12.9. The molecule has 1 aromatic rings. The van der Waals surface area contributed by atoms with E-state index in [4.69, 9.17) is 9.47 Å². The summed E-state index contributed by atoms with van der Waals surface area (Å²) in [5, 5.41) is 0. The molecule has 0 aromatic heterocycles. The van der Waals surface area contributed by atoms with Crippen molar-refractivity contribution in [3.63, 3.8) is 0 Å². The van der Waals surface area contributed by atoms with Gasteiger partial charge in [-0.15, -0.1) is 0 Å². The van der Waals surface area contributed by atoms with Crippen LogP contribution in [-0.2, 0) is 11.2 Å². The second-order valence-corrected chi connectivity index (χ2v) is 4.98. The molecule has 0 saturated carbocycles. The smallest absolute Gasteiger partial charge is 0.161 e. The van der Waals surface area contributed by atoms with Crippen LogP contribution in [0.2, 0.25) is 0 Å². The van der Waals surface area contributed by atoms with E-state index in [2.05, 4.69) is 13.0 Å². The van der Waals surface area contributed by atoms with Crippen LogP contribution in [0.5, 0.6) is 11.5 Å². The van der Waals surface area contributed by atoms with Gasteiger partial charge in [0.05, 0.1) is 13.7 Å². The van der Waals surface area contributed by atoms with Crippen LogP contribution in [0.15, 0.2) is 18.2 Å². The van der Waals surface area contributed by atoms with E-state index in [1.54, 1.807) is 7.11 Å². The number of rotatable bonds is 10. The maximum Gasteiger partial charge on any atom is 0.161 e. The second-order valence-electron chi connectivity index (χ2n) is 4.98. The summed E-state index contributed by atoms with van der Waals surface area (Å²) in [4.78, 5) is 11.5. The maximum atomic E-state index is 11.5. The summed E-state index contributed by atoms with van der Waals surface area (Å²) in [6.07, 6.45) is 5.09. The molecule has 0 aliphatic rings. The summed E-state index contributed by atoms with van der Waals surface area (Å²) in [6.45, 7) is 4.81. The number of carbonyl (C=O) groups excluding carboxylic acids is 1. The van der Waals surface area contributed by atoms with Crippen molar-refractivity contribution in [2.45, 2.75) is 52.4 Å². The number of ether oxygens (including phenoxy) is 2. The highest BCUT2D eigenvalue weighted by Gasteiger charge is 2.06. The van der Waals surface area contributed by atoms with Crippen LogP contribution in [0, 0.1) is 0 Å². The van der Waals surface area contributed by atoms with Crippen LogP contribution in [-0.4, -0.2) is 19.5 Å². The number of aryl methyl sites for hydroxylation is 1. The molecule has 0 N–H and O–H groups in total. The number of benzene rings is 1. The molecule has 0 radical (unpaired) electrons. The average Bonchev–Trinajstić information content (AvgIpc) is 2.46. The van der Waals surface area contributed by atoms with Gasteiger partial charge < -0.3 is 9.47 Å². The summed E-state index contributed by atoms with van der Waals surface area (Å²) in [5.74, 6) is 1.93. The third-order valence-corrected chi connectivity index (χ3v) is 3.14. The molecular formula is C17H26O3. The van der Waals surface area contributed by atoms with Crippen molar-refractivity contribution in [3.8, 4) is 11.5 Å². The quantitative estimate of drug-likeness (QED) is 0.644. The van der Waals surface area contributed by atoms with Crippen LogP contribution in [0.3, 0.4) is 0 Å². The number of hydrogen-bond donors (Lipinski definition) is 0. The van der Waals surface area contributed by atoms with E-state index < -0.39 is 0 Å². The Balaban J connectivity index is 2.52. The zero-order valence-corrected chi connectivity index (χ0v) is 12.9. The molecule has 0 saturated heterocycles. The molecule has 0 bridgehead atoms. The Labute approximate surface area is 122 Å². The van der Waals surface area contributed by atoms with Gasteiger partial charge in [-0.3, -0.25) is 4.79 Å². The van der Waals surface area contributed by atoms with Crippen molar-refractivity contribution in [2.24, 2.45) is 0 Å². The van der Waals surface area contributed by atoms with E-state index in [9.17, 15) is 4.79 Å². The fourth-order valence-electron chi connectivity index (χ4n) is 2.09. The SMILES string of the molecule is CCCOc1ccc(CCCC(=O)CCC)cc1OC. The van der Waals surface area contributed by atoms with E-state index in [1.165, 1.54) is 5.56 Å². The van der Waals surface area contributed by atoms with Gasteiger partial charge in [0.1, 0.15) is 5.78 Å². The Kier molecular flexibility index (Phi) is 7.78. The Hall–Kier alpha value is -1.51. The molecule has 0 unspecified atom stereocenters. The maximum absolute atomic E-state index is 11.5. The third kappa shape index (κ3) is 5.64. The summed E-state index contributed by atoms with van der Waals surface area (Å²) < 4.78 is 11.0. The molecule has 0 fully saturated rings. The number of methoxy groups -OCH3 is 1. The lowest BCUT2D eigenvalue weighted by molar-refractivity contribution is -0.119. The Morgan fingerprint density at radius 2 is 1.90 bits per heavy atom. The van der Waals surface area contributed by atoms with Gasteiger partial charge in [0, 0.05) is 12.8 Å². The lowest BCUT2D eigenvalue weighted by Crippen LogP contribution is -2.00. The van der Waals surface area contributed by atoms with Crippen molar-refractivity contribution >= 4 is 5.78 Å². The van der Waals surface area contributed by atoms with Gasteiger partial charge >= 0.3 is 0 Å². The Morgan fingerprint density at radius 1 is 1.10 bits per heavy atom. The largest absolute Gasteiger partial charge is 0.493 e. The Bertz CT molecular complexity index is 413.